The van der Waals surface area contributed by atoms with Crippen molar-refractivity contribution in [3.63, 3.8) is 0 Å². The molecule has 1 aliphatic heterocycles. The number of rotatable bonds is 4. The van der Waals surface area contributed by atoms with Crippen molar-refractivity contribution in [3.05, 3.63) is 63.1 Å². The van der Waals surface area contributed by atoms with Crippen molar-refractivity contribution in [2.75, 3.05) is 11.1 Å². The van der Waals surface area contributed by atoms with Crippen molar-refractivity contribution in [1.82, 2.24) is 0 Å². The lowest BCUT2D eigenvalue weighted by atomic mass is 10.1. The zero-order valence-corrected chi connectivity index (χ0v) is 18.5. The molecule has 0 atom stereocenters. The maximum absolute atomic E-state index is 12.5. The van der Waals surface area contributed by atoms with Gasteiger partial charge in [0.15, 0.2) is 5.66 Å². The van der Waals surface area contributed by atoms with Crippen LogP contribution in [0.4, 0.5) is 5.69 Å². The molecule has 0 aromatic heterocycles. The Kier molecular flexibility index (Phi) is 6.21. The molecule has 29 heavy (non-hydrogen) atoms. The highest BCUT2D eigenvalue weighted by Gasteiger charge is 2.39. The van der Waals surface area contributed by atoms with E-state index in [9.17, 15) is 4.79 Å². The fraction of sp³-hybridized carbons (Fsp3) is 0.286. The van der Waals surface area contributed by atoms with E-state index in [1.165, 1.54) is 11.8 Å². The van der Waals surface area contributed by atoms with Crippen molar-refractivity contribution in [1.29, 1.82) is 0 Å². The van der Waals surface area contributed by atoms with Crippen LogP contribution in [0.2, 0.25) is 15.1 Å². The molecule has 150 valence electrons. The van der Waals surface area contributed by atoms with Crippen LogP contribution in [0.1, 0.15) is 31.2 Å². The molecule has 1 amide bonds. The molecule has 1 spiro atoms. The largest absolute Gasteiger partial charge is 0.324 e. The van der Waals surface area contributed by atoms with Gasteiger partial charge in [0, 0.05) is 15.6 Å². The molecule has 4 nitrogen and oxygen atoms in total. The molecule has 0 saturated heterocycles. The minimum absolute atomic E-state index is 0.176. The van der Waals surface area contributed by atoms with E-state index in [0.717, 1.165) is 42.0 Å². The Morgan fingerprint density at radius 2 is 1.69 bits per heavy atom. The predicted octanol–water partition coefficient (Wildman–Crippen LogP) is 6.49. The molecule has 4 rings (SSSR count). The Morgan fingerprint density at radius 1 is 1.00 bits per heavy atom. The molecule has 1 N–H and O–H groups in total. The lowest BCUT2D eigenvalue weighted by molar-refractivity contribution is -0.113. The standard InChI is InChI=1S/C21H18Cl3N3OS/c22-14-5-3-13(4-6-14)19-20(27-21(26-19)9-1-2-10-21)29-12-18(28)25-17-11-15(23)7-8-16(17)24/h3-8,11H,1-2,9-10,12H2,(H,25,28). The van der Waals surface area contributed by atoms with Crippen LogP contribution in [0, 0.1) is 0 Å². The number of nitrogens with zero attached hydrogens (tertiary/aromatic N) is 2. The highest BCUT2D eigenvalue weighted by atomic mass is 35.5. The van der Waals surface area contributed by atoms with E-state index >= 15 is 0 Å². The monoisotopic (exact) mass is 465 g/mol. The van der Waals surface area contributed by atoms with Crippen LogP contribution < -0.4 is 5.32 Å². The lowest BCUT2D eigenvalue weighted by Gasteiger charge is -2.14. The van der Waals surface area contributed by atoms with Gasteiger partial charge in [-0.3, -0.25) is 9.79 Å². The van der Waals surface area contributed by atoms with Gasteiger partial charge < -0.3 is 5.32 Å². The van der Waals surface area contributed by atoms with Crippen LogP contribution in [-0.4, -0.2) is 28.1 Å². The van der Waals surface area contributed by atoms with Gasteiger partial charge in [-0.25, -0.2) is 4.99 Å². The number of hydrogen-bond acceptors (Lipinski definition) is 4. The lowest BCUT2D eigenvalue weighted by Crippen LogP contribution is -2.18. The van der Waals surface area contributed by atoms with Gasteiger partial charge in [0.2, 0.25) is 5.91 Å². The van der Waals surface area contributed by atoms with E-state index in [1.807, 2.05) is 24.3 Å². The summed E-state index contributed by atoms with van der Waals surface area (Å²) in [5, 5.41) is 5.23. The van der Waals surface area contributed by atoms with E-state index in [1.54, 1.807) is 18.2 Å². The minimum Gasteiger partial charge on any atom is -0.324 e. The molecular formula is C21H18Cl3N3OS. The number of aliphatic imine (C=N–C) groups is 2. The number of carbonyl (C=O) groups is 1. The molecular weight excluding hydrogens is 449 g/mol. The Morgan fingerprint density at radius 3 is 2.41 bits per heavy atom. The normalized spacial score (nSPS) is 17.3. The summed E-state index contributed by atoms with van der Waals surface area (Å²) >= 11 is 19.5. The van der Waals surface area contributed by atoms with Crippen LogP contribution in [0.15, 0.2) is 52.4 Å². The van der Waals surface area contributed by atoms with E-state index in [0.29, 0.717) is 20.8 Å². The average Bonchev–Trinajstić information content (AvgIpc) is 3.31. The summed E-state index contributed by atoms with van der Waals surface area (Å²) in [6.45, 7) is 0. The highest BCUT2D eigenvalue weighted by molar-refractivity contribution is 8.16. The van der Waals surface area contributed by atoms with Crippen molar-refractivity contribution in [3.8, 4) is 0 Å². The fourth-order valence-corrected chi connectivity index (χ4v) is 4.84. The first-order valence-electron chi connectivity index (χ1n) is 9.28. The summed E-state index contributed by atoms with van der Waals surface area (Å²) in [4.78, 5) is 22.4. The number of benzene rings is 2. The van der Waals surface area contributed by atoms with Gasteiger partial charge in [0.25, 0.3) is 0 Å². The van der Waals surface area contributed by atoms with Crippen molar-refractivity contribution < 1.29 is 4.79 Å². The number of amides is 1. The van der Waals surface area contributed by atoms with E-state index in [-0.39, 0.29) is 17.3 Å². The Labute approximate surface area is 188 Å². The smallest absolute Gasteiger partial charge is 0.234 e. The summed E-state index contributed by atoms with van der Waals surface area (Å²) < 4.78 is 0. The van der Waals surface area contributed by atoms with Crippen LogP contribution in [0.3, 0.4) is 0 Å². The van der Waals surface area contributed by atoms with Gasteiger partial charge >= 0.3 is 0 Å². The summed E-state index contributed by atoms with van der Waals surface area (Å²) in [5.74, 6) is 0.0226. The molecule has 0 radical (unpaired) electrons. The third-order valence-corrected chi connectivity index (χ3v) is 6.68. The zero-order valence-electron chi connectivity index (χ0n) is 15.4. The third kappa shape index (κ3) is 4.80. The summed E-state index contributed by atoms with van der Waals surface area (Å²) in [6, 6.07) is 12.5. The number of halogens is 3. The number of carbonyl (C=O) groups excluding carboxylic acids is 1. The summed E-state index contributed by atoms with van der Waals surface area (Å²) in [6.07, 6.45) is 4.12. The fourth-order valence-electron chi connectivity index (χ4n) is 3.50. The van der Waals surface area contributed by atoms with Crippen molar-refractivity contribution in [2.45, 2.75) is 31.3 Å². The molecule has 1 fully saturated rings. The summed E-state index contributed by atoms with van der Waals surface area (Å²) in [5.41, 5.74) is 1.92. The maximum atomic E-state index is 12.5. The number of anilines is 1. The van der Waals surface area contributed by atoms with E-state index < -0.39 is 0 Å². The third-order valence-electron chi connectivity index (χ3n) is 4.90. The number of thioether (sulfide) groups is 1. The molecule has 8 heteroatoms. The molecule has 0 bridgehead atoms. The Balaban J connectivity index is 1.50. The van der Waals surface area contributed by atoms with Crippen molar-refractivity contribution >= 4 is 68.9 Å². The Bertz CT molecular complexity index is 999. The topological polar surface area (TPSA) is 53.8 Å². The maximum Gasteiger partial charge on any atom is 0.234 e. The first kappa shape index (κ1) is 20.7. The van der Waals surface area contributed by atoms with Crippen LogP contribution in [0.5, 0.6) is 0 Å². The summed E-state index contributed by atoms with van der Waals surface area (Å²) in [7, 11) is 0. The number of hydrogen-bond donors (Lipinski definition) is 1. The van der Waals surface area contributed by atoms with E-state index in [2.05, 4.69) is 5.32 Å². The predicted molar refractivity (Wildman–Crippen MR) is 124 cm³/mol. The second kappa shape index (κ2) is 8.68. The molecule has 1 aliphatic carbocycles. The van der Waals surface area contributed by atoms with Gasteiger partial charge in [0.1, 0.15) is 5.04 Å². The molecule has 2 aliphatic rings. The van der Waals surface area contributed by atoms with Crippen molar-refractivity contribution in [2.24, 2.45) is 9.98 Å². The zero-order chi connectivity index (χ0) is 20.4. The molecule has 0 unspecified atom stereocenters. The average molecular weight is 467 g/mol. The molecule has 2 aromatic rings. The first-order chi connectivity index (χ1) is 13.9. The second-order valence-corrected chi connectivity index (χ2v) is 9.28. The van der Waals surface area contributed by atoms with Gasteiger partial charge in [-0.2, -0.15) is 0 Å². The minimum atomic E-state index is -0.371. The highest BCUT2D eigenvalue weighted by Crippen LogP contribution is 2.40. The van der Waals surface area contributed by atoms with Gasteiger partial charge in [-0.05, 0) is 56.0 Å². The first-order valence-corrected chi connectivity index (χ1v) is 11.4. The van der Waals surface area contributed by atoms with Gasteiger partial charge in [0.05, 0.1) is 22.2 Å². The van der Waals surface area contributed by atoms with Crippen LogP contribution in [0.25, 0.3) is 0 Å². The molecule has 1 heterocycles. The Hall–Kier alpha value is -1.53. The quantitative estimate of drug-likeness (QED) is 0.560. The second-order valence-electron chi connectivity index (χ2n) is 7.03. The number of nitrogens with one attached hydrogen (secondary N) is 1. The van der Waals surface area contributed by atoms with Crippen LogP contribution >= 0.6 is 46.6 Å². The molecule has 1 saturated carbocycles. The SMILES string of the molecule is O=C(CSC1=NC2(CCCC2)N=C1c1ccc(Cl)cc1)Nc1cc(Cl)ccc1Cl. The molecule has 2 aromatic carbocycles. The van der Waals surface area contributed by atoms with Gasteiger partial charge in [-0.1, -0.05) is 58.7 Å². The van der Waals surface area contributed by atoms with Crippen LogP contribution in [-0.2, 0) is 4.79 Å². The van der Waals surface area contributed by atoms with E-state index in [4.69, 9.17) is 44.8 Å². The van der Waals surface area contributed by atoms with Gasteiger partial charge in [-0.15, -0.1) is 0 Å².